The molecule has 2 rings (SSSR count). The zero-order valence-corrected chi connectivity index (χ0v) is 15.0. The molecule has 0 heterocycles. The minimum Gasteiger partial charge on any atom is -0.478 e. The highest BCUT2D eigenvalue weighted by molar-refractivity contribution is 5.96. The normalized spacial score (nSPS) is 10.3. The molecule has 0 fully saturated rings. The van der Waals surface area contributed by atoms with Gasteiger partial charge in [-0.25, -0.2) is 9.59 Å². The minimum absolute atomic E-state index is 0.102. The topological polar surface area (TPSA) is 116 Å². The number of benzene rings is 2. The van der Waals surface area contributed by atoms with Crippen molar-refractivity contribution >= 4 is 29.2 Å². The zero-order valence-electron chi connectivity index (χ0n) is 15.0. The molecular weight excluding hydrogens is 348 g/mol. The zero-order chi connectivity index (χ0) is 19.8. The molecular formula is C20H22N2O5. The Morgan fingerprint density at radius 2 is 1.52 bits per heavy atom. The van der Waals surface area contributed by atoms with Gasteiger partial charge in [-0.15, -0.1) is 0 Å². The monoisotopic (exact) mass is 370 g/mol. The van der Waals surface area contributed by atoms with Crippen molar-refractivity contribution in [1.29, 1.82) is 0 Å². The first kappa shape index (κ1) is 20.0. The maximum absolute atomic E-state index is 12.0. The molecule has 142 valence electrons. The summed E-state index contributed by atoms with van der Waals surface area (Å²) in [6.07, 6.45) is 2.08. The number of anilines is 2. The van der Waals surface area contributed by atoms with Crippen LogP contribution >= 0.6 is 0 Å². The number of nitrogens with one attached hydrogen (secondary N) is 2. The molecule has 0 spiro atoms. The molecule has 0 atom stereocenters. The summed E-state index contributed by atoms with van der Waals surface area (Å²) in [5, 5.41) is 24.0. The predicted molar refractivity (Wildman–Crippen MR) is 102 cm³/mol. The molecule has 0 aliphatic rings. The molecule has 7 nitrogen and oxygen atoms in total. The Morgan fingerprint density at radius 3 is 2.11 bits per heavy atom. The number of aromatic carboxylic acids is 2. The van der Waals surface area contributed by atoms with Gasteiger partial charge in [-0.05, 0) is 42.3 Å². The van der Waals surface area contributed by atoms with Gasteiger partial charge in [-0.2, -0.15) is 0 Å². The Bertz CT molecular complexity index is 831. The third kappa shape index (κ3) is 5.85. The summed E-state index contributed by atoms with van der Waals surface area (Å²) in [6, 6.07) is 10.8. The van der Waals surface area contributed by atoms with Gasteiger partial charge in [0.05, 0.1) is 22.5 Å². The van der Waals surface area contributed by atoms with Crippen molar-refractivity contribution in [3.05, 3.63) is 59.2 Å². The van der Waals surface area contributed by atoms with Crippen LogP contribution in [0.15, 0.2) is 42.5 Å². The number of carbonyl (C=O) groups is 3. The van der Waals surface area contributed by atoms with E-state index in [1.165, 1.54) is 24.3 Å². The van der Waals surface area contributed by atoms with Crippen LogP contribution in [0.25, 0.3) is 0 Å². The first-order valence-electron chi connectivity index (χ1n) is 8.64. The fourth-order valence-corrected chi connectivity index (χ4v) is 2.45. The lowest BCUT2D eigenvalue weighted by Crippen LogP contribution is -2.14. The van der Waals surface area contributed by atoms with Gasteiger partial charge in [0.15, 0.2) is 0 Å². The summed E-state index contributed by atoms with van der Waals surface area (Å²) in [5.74, 6) is -2.19. The molecule has 0 unspecified atom stereocenters. The number of carboxylic acid groups (broad SMARTS) is 2. The number of carbonyl (C=O) groups excluding carboxylic acids is 1. The predicted octanol–water partition coefficient (Wildman–Crippen LogP) is 3.82. The molecule has 0 aliphatic carbocycles. The molecule has 0 radical (unpaired) electrons. The fourth-order valence-electron chi connectivity index (χ4n) is 2.45. The van der Waals surface area contributed by atoms with Crippen molar-refractivity contribution in [2.75, 3.05) is 10.6 Å². The minimum atomic E-state index is -1.06. The number of amides is 1. The number of unbranched alkanes of at least 4 members (excludes halogenated alkanes) is 1. The molecule has 7 heteroatoms. The lowest BCUT2D eigenvalue weighted by atomic mass is 10.1. The van der Waals surface area contributed by atoms with Crippen molar-refractivity contribution < 1.29 is 24.6 Å². The molecule has 0 aliphatic heterocycles. The van der Waals surface area contributed by atoms with Gasteiger partial charge in [0.2, 0.25) is 5.91 Å². The second-order valence-electron chi connectivity index (χ2n) is 6.07. The molecule has 0 aromatic heterocycles. The van der Waals surface area contributed by atoms with E-state index < -0.39 is 11.9 Å². The summed E-state index contributed by atoms with van der Waals surface area (Å²) in [6.45, 7) is 2.35. The van der Waals surface area contributed by atoms with Crippen molar-refractivity contribution in [1.82, 2.24) is 0 Å². The highest BCUT2D eigenvalue weighted by Gasteiger charge is 2.11. The van der Waals surface area contributed by atoms with Gasteiger partial charge in [0.25, 0.3) is 0 Å². The van der Waals surface area contributed by atoms with Gasteiger partial charge < -0.3 is 20.8 Å². The van der Waals surface area contributed by atoms with Crippen molar-refractivity contribution in [2.24, 2.45) is 0 Å². The van der Waals surface area contributed by atoms with Crippen molar-refractivity contribution in [3.8, 4) is 0 Å². The Balaban J connectivity index is 2.16. The molecule has 0 saturated heterocycles. The Morgan fingerprint density at radius 1 is 0.889 bits per heavy atom. The van der Waals surface area contributed by atoms with Gasteiger partial charge in [0.1, 0.15) is 0 Å². The van der Waals surface area contributed by atoms with E-state index in [0.29, 0.717) is 24.3 Å². The first-order chi connectivity index (χ1) is 12.9. The van der Waals surface area contributed by atoms with E-state index in [1.54, 1.807) is 18.2 Å². The van der Waals surface area contributed by atoms with E-state index >= 15 is 0 Å². The smallest absolute Gasteiger partial charge is 0.335 e. The summed E-state index contributed by atoms with van der Waals surface area (Å²) in [4.78, 5) is 34.1. The lowest BCUT2D eigenvalue weighted by Gasteiger charge is -2.14. The van der Waals surface area contributed by atoms with Crippen LogP contribution in [0, 0.1) is 0 Å². The number of rotatable bonds is 9. The average Bonchev–Trinajstić information content (AvgIpc) is 2.65. The second kappa shape index (κ2) is 9.38. The lowest BCUT2D eigenvalue weighted by molar-refractivity contribution is -0.116. The second-order valence-corrected chi connectivity index (χ2v) is 6.07. The SMILES string of the molecule is CCCCC(=O)Nc1ccc(C(=O)O)cc1NCc1ccc(C(=O)O)cc1. The Labute approximate surface area is 157 Å². The summed E-state index contributed by atoms with van der Waals surface area (Å²) < 4.78 is 0. The van der Waals surface area contributed by atoms with Gasteiger partial charge in [-0.1, -0.05) is 25.5 Å². The van der Waals surface area contributed by atoms with E-state index in [-0.39, 0.29) is 17.0 Å². The largest absolute Gasteiger partial charge is 0.478 e. The summed E-state index contributed by atoms with van der Waals surface area (Å²) >= 11 is 0. The van der Waals surface area contributed by atoms with E-state index in [2.05, 4.69) is 10.6 Å². The van der Waals surface area contributed by atoms with Crippen LogP contribution < -0.4 is 10.6 Å². The van der Waals surface area contributed by atoms with Crippen LogP contribution in [0.4, 0.5) is 11.4 Å². The van der Waals surface area contributed by atoms with E-state index in [1.807, 2.05) is 6.92 Å². The van der Waals surface area contributed by atoms with Crippen LogP contribution in [-0.4, -0.2) is 28.1 Å². The van der Waals surface area contributed by atoms with Crippen LogP contribution in [-0.2, 0) is 11.3 Å². The first-order valence-corrected chi connectivity index (χ1v) is 8.64. The molecule has 27 heavy (non-hydrogen) atoms. The maximum atomic E-state index is 12.0. The quantitative estimate of drug-likeness (QED) is 0.533. The number of hydrogen-bond acceptors (Lipinski definition) is 4. The van der Waals surface area contributed by atoms with E-state index in [4.69, 9.17) is 5.11 Å². The van der Waals surface area contributed by atoms with Crippen molar-refractivity contribution in [3.63, 3.8) is 0 Å². The van der Waals surface area contributed by atoms with Crippen LogP contribution in [0.1, 0.15) is 52.5 Å². The Kier molecular flexibility index (Phi) is 6.93. The summed E-state index contributed by atoms with van der Waals surface area (Å²) in [7, 11) is 0. The average molecular weight is 370 g/mol. The molecule has 2 aromatic rings. The molecule has 0 saturated carbocycles. The number of hydrogen-bond donors (Lipinski definition) is 4. The Hall–Kier alpha value is -3.35. The van der Waals surface area contributed by atoms with Crippen LogP contribution in [0.3, 0.4) is 0 Å². The molecule has 1 amide bonds. The third-order valence-corrected chi connectivity index (χ3v) is 3.98. The fraction of sp³-hybridized carbons (Fsp3) is 0.250. The standard InChI is InChI=1S/C20H22N2O5/c1-2-3-4-18(23)22-16-10-9-15(20(26)27)11-17(16)21-12-13-5-7-14(8-6-13)19(24)25/h5-11,21H,2-4,12H2,1H3,(H,22,23)(H,24,25)(H,26,27). The highest BCUT2D eigenvalue weighted by atomic mass is 16.4. The molecule has 2 aromatic carbocycles. The van der Waals surface area contributed by atoms with E-state index in [0.717, 1.165) is 18.4 Å². The summed E-state index contributed by atoms with van der Waals surface area (Å²) in [5.41, 5.74) is 2.11. The van der Waals surface area contributed by atoms with Gasteiger partial charge in [-0.3, -0.25) is 4.79 Å². The number of carboxylic acids is 2. The van der Waals surface area contributed by atoms with Crippen molar-refractivity contribution in [2.45, 2.75) is 32.7 Å². The van der Waals surface area contributed by atoms with E-state index in [9.17, 15) is 19.5 Å². The highest BCUT2D eigenvalue weighted by Crippen LogP contribution is 2.25. The molecule has 0 bridgehead atoms. The maximum Gasteiger partial charge on any atom is 0.335 e. The van der Waals surface area contributed by atoms with Gasteiger partial charge >= 0.3 is 11.9 Å². The third-order valence-electron chi connectivity index (χ3n) is 3.98. The van der Waals surface area contributed by atoms with Crippen LogP contribution in [0.2, 0.25) is 0 Å². The van der Waals surface area contributed by atoms with Gasteiger partial charge in [0, 0.05) is 13.0 Å². The molecule has 4 N–H and O–H groups in total. The van der Waals surface area contributed by atoms with Crippen LogP contribution in [0.5, 0.6) is 0 Å².